The van der Waals surface area contributed by atoms with Crippen molar-refractivity contribution in [1.29, 1.82) is 0 Å². The molecule has 196 valence electrons. The predicted octanol–water partition coefficient (Wildman–Crippen LogP) is 4.87. The van der Waals surface area contributed by atoms with Crippen molar-refractivity contribution in [2.24, 2.45) is 0 Å². The summed E-state index contributed by atoms with van der Waals surface area (Å²) >= 11 is 1.54. The van der Waals surface area contributed by atoms with Crippen molar-refractivity contribution in [1.82, 2.24) is 30.0 Å². The van der Waals surface area contributed by atoms with Gasteiger partial charge in [-0.15, -0.1) is 5.10 Å². The summed E-state index contributed by atoms with van der Waals surface area (Å²) in [6, 6.07) is 29.3. The molecule has 0 bridgehead atoms. The molecule has 0 saturated carbocycles. The molecule has 0 spiro atoms. The third kappa shape index (κ3) is 4.96. The number of rotatable bonds is 8. The number of methoxy groups -OCH3 is 1. The highest BCUT2D eigenvalue weighted by atomic mass is 32.2. The second kappa shape index (κ2) is 11.3. The zero-order valence-corrected chi connectivity index (χ0v) is 22.8. The number of benzene rings is 3. The van der Waals surface area contributed by atoms with Crippen LogP contribution in [-0.4, -0.2) is 75.1 Å². The van der Waals surface area contributed by atoms with E-state index in [0.29, 0.717) is 18.0 Å². The van der Waals surface area contributed by atoms with Crippen molar-refractivity contribution in [3.8, 4) is 11.4 Å². The van der Waals surface area contributed by atoms with Crippen molar-refractivity contribution >= 4 is 11.8 Å². The van der Waals surface area contributed by atoms with E-state index in [9.17, 15) is 0 Å². The first-order chi connectivity index (χ1) is 18.7. The van der Waals surface area contributed by atoms with Crippen LogP contribution in [0.4, 0.5) is 0 Å². The molecule has 2 aliphatic rings. The average molecular weight is 527 g/mol. The van der Waals surface area contributed by atoms with E-state index in [1.807, 2.05) is 18.4 Å². The van der Waals surface area contributed by atoms with Crippen LogP contribution >= 0.6 is 11.8 Å². The maximum Gasteiger partial charge on any atom is 0.213 e. The molecule has 0 aliphatic carbocycles. The molecule has 38 heavy (non-hydrogen) atoms. The van der Waals surface area contributed by atoms with Crippen molar-refractivity contribution < 1.29 is 4.74 Å². The van der Waals surface area contributed by atoms with E-state index in [1.165, 1.54) is 42.3 Å². The maximum atomic E-state index is 5.81. The Hall–Kier alpha value is -3.20. The minimum Gasteiger partial charge on any atom is -0.496 e. The molecule has 2 aliphatic heterocycles. The summed E-state index contributed by atoms with van der Waals surface area (Å²) in [4.78, 5) is 5.42. The fourth-order valence-corrected chi connectivity index (χ4v) is 6.78. The smallest absolute Gasteiger partial charge is 0.213 e. The van der Waals surface area contributed by atoms with Gasteiger partial charge in [-0.25, -0.2) is 0 Å². The highest BCUT2D eigenvalue weighted by Gasteiger charge is 2.41. The Bertz CT molecular complexity index is 1310. The first kappa shape index (κ1) is 25.1. The number of fused-ring (bicyclic) bond motifs is 1. The van der Waals surface area contributed by atoms with Gasteiger partial charge in [0.25, 0.3) is 0 Å². The molecule has 6 rings (SSSR count). The molecule has 0 radical (unpaired) electrons. The van der Waals surface area contributed by atoms with Crippen LogP contribution < -0.4 is 4.74 Å². The van der Waals surface area contributed by atoms with Gasteiger partial charge in [0.15, 0.2) is 0 Å². The van der Waals surface area contributed by atoms with Crippen LogP contribution in [0.2, 0.25) is 0 Å². The first-order valence-corrected chi connectivity index (χ1v) is 14.6. The highest BCUT2D eigenvalue weighted by molar-refractivity contribution is 7.98. The maximum absolute atomic E-state index is 5.81. The Morgan fingerprint density at radius 2 is 1.71 bits per heavy atom. The Balaban J connectivity index is 1.34. The van der Waals surface area contributed by atoms with E-state index < -0.39 is 0 Å². The van der Waals surface area contributed by atoms with Crippen LogP contribution in [0.25, 0.3) is 5.69 Å². The molecule has 4 aromatic rings. The van der Waals surface area contributed by atoms with E-state index in [1.54, 1.807) is 11.8 Å². The molecular weight excluding hydrogens is 492 g/mol. The van der Waals surface area contributed by atoms with Crippen LogP contribution in [0.1, 0.15) is 35.4 Å². The summed E-state index contributed by atoms with van der Waals surface area (Å²) in [5.41, 5.74) is 4.89. The van der Waals surface area contributed by atoms with Gasteiger partial charge >= 0.3 is 0 Å². The number of ether oxygens (including phenoxy) is 1. The summed E-state index contributed by atoms with van der Waals surface area (Å²) in [5.74, 6) is 1.22. The van der Waals surface area contributed by atoms with Crippen molar-refractivity contribution in [3.05, 3.63) is 95.6 Å². The molecule has 0 amide bonds. The summed E-state index contributed by atoms with van der Waals surface area (Å²) in [5, 5.41) is 13.0. The van der Waals surface area contributed by atoms with Gasteiger partial charge in [0.2, 0.25) is 5.16 Å². The largest absolute Gasteiger partial charge is 0.496 e. The van der Waals surface area contributed by atoms with Gasteiger partial charge < -0.3 is 4.74 Å². The Morgan fingerprint density at radius 3 is 2.39 bits per heavy atom. The van der Waals surface area contributed by atoms with E-state index in [4.69, 9.17) is 4.74 Å². The van der Waals surface area contributed by atoms with E-state index in [-0.39, 0.29) is 0 Å². The van der Waals surface area contributed by atoms with Gasteiger partial charge in [-0.1, -0.05) is 72.4 Å². The standard InChI is InChI=1S/C30H34N6OS/c1-37-28-16-15-25(36-30(38-2)31-32-33-36)18-24(28)19-34-20-26-14-9-17-35(26)27(21-34)29(22-10-5-3-6-11-22)23-12-7-4-8-13-23/h3-8,10-13,15-16,18,26-27,29H,9,14,17,19-21H2,1-2H3/t26-,27?/m0/s1. The highest BCUT2D eigenvalue weighted by Crippen LogP contribution is 2.38. The lowest BCUT2D eigenvalue weighted by Crippen LogP contribution is -2.57. The molecule has 1 aromatic heterocycles. The van der Waals surface area contributed by atoms with E-state index in [0.717, 1.165) is 41.8 Å². The van der Waals surface area contributed by atoms with Crippen LogP contribution in [0.15, 0.2) is 84.0 Å². The lowest BCUT2D eigenvalue weighted by atomic mass is 9.82. The minimum atomic E-state index is 0.319. The third-order valence-electron chi connectivity index (χ3n) is 7.99. The molecule has 3 aromatic carbocycles. The molecule has 2 fully saturated rings. The van der Waals surface area contributed by atoms with Crippen molar-refractivity contribution in [2.75, 3.05) is 33.0 Å². The monoisotopic (exact) mass is 526 g/mol. The fraction of sp³-hybridized carbons (Fsp3) is 0.367. The lowest BCUT2D eigenvalue weighted by Gasteiger charge is -2.47. The quantitative estimate of drug-likeness (QED) is 0.304. The van der Waals surface area contributed by atoms with Crippen molar-refractivity contribution in [3.63, 3.8) is 0 Å². The predicted molar refractivity (Wildman–Crippen MR) is 151 cm³/mol. The molecule has 2 atom stereocenters. The number of piperazine rings is 1. The zero-order chi connectivity index (χ0) is 25.9. The Kier molecular flexibility index (Phi) is 7.44. The summed E-state index contributed by atoms with van der Waals surface area (Å²) < 4.78 is 7.61. The number of hydrogen-bond acceptors (Lipinski definition) is 7. The number of aromatic nitrogens is 4. The SMILES string of the molecule is COc1ccc(-n2nnnc2SC)cc1CN1CC(C(c2ccccc2)c2ccccc2)N2CCC[C@H]2C1. The molecule has 7 nitrogen and oxygen atoms in total. The van der Waals surface area contributed by atoms with Crippen molar-refractivity contribution in [2.45, 2.75) is 42.5 Å². The van der Waals surface area contributed by atoms with Gasteiger partial charge in [0.1, 0.15) is 5.75 Å². The molecule has 1 unspecified atom stereocenters. The number of nitrogens with zero attached hydrogens (tertiary/aromatic N) is 6. The van der Waals surface area contributed by atoms with Gasteiger partial charge in [-0.05, 0) is 65.4 Å². The lowest BCUT2D eigenvalue weighted by molar-refractivity contribution is 0.0380. The fourth-order valence-electron chi connectivity index (χ4n) is 6.35. The van der Waals surface area contributed by atoms with Crippen LogP contribution in [0, 0.1) is 0 Å². The van der Waals surface area contributed by atoms with E-state index >= 15 is 0 Å². The summed E-state index contributed by atoms with van der Waals surface area (Å²) in [6.45, 7) is 4.07. The average Bonchev–Trinajstić information content (AvgIpc) is 3.64. The first-order valence-electron chi connectivity index (χ1n) is 13.3. The molecule has 3 heterocycles. The number of thioether (sulfide) groups is 1. The van der Waals surface area contributed by atoms with Gasteiger partial charge in [-0.2, -0.15) is 4.68 Å². The second-order valence-corrected chi connectivity index (χ2v) is 10.9. The van der Waals surface area contributed by atoms with Gasteiger partial charge in [0, 0.05) is 43.2 Å². The zero-order valence-electron chi connectivity index (χ0n) is 22.0. The Labute approximate surface area is 228 Å². The van der Waals surface area contributed by atoms with Crippen LogP contribution in [-0.2, 0) is 6.54 Å². The Morgan fingerprint density at radius 1 is 0.974 bits per heavy atom. The molecular formula is C30H34N6OS. The number of tetrazole rings is 1. The van der Waals surface area contributed by atoms with Gasteiger partial charge in [-0.3, -0.25) is 9.80 Å². The molecule has 8 heteroatoms. The van der Waals surface area contributed by atoms with Gasteiger partial charge in [0.05, 0.1) is 12.8 Å². The molecule has 0 N–H and O–H groups in total. The third-order valence-corrected chi connectivity index (χ3v) is 8.61. The normalized spacial score (nSPS) is 20.1. The second-order valence-electron chi connectivity index (χ2n) is 10.2. The number of hydrogen-bond donors (Lipinski definition) is 0. The van der Waals surface area contributed by atoms with Crippen LogP contribution in [0.5, 0.6) is 5.75 Å². The minimum absolute atomic E-state index is 0.319. The molecule has 2 saturated heterocycles. The summed E-state index contributed by atoms with van der Waals surface area (Å²) in [7, 11) is 1.75. The topological polar surface area (TPSA) is 59.3 Å². The van der Waals surface area contributed by atoms with Crippen LogP contribution in [0.3, 0.4) is 0 Å². The summed E-state index contributed by atoms with van der Waals surface area (Å²) in [6.07, 6.45) is 4.51. The van der Waals surface area contributed by atoms with E-state index in [2.05, 4.69) is 92.1 Å².